The predicted octanol–water partition coefficient (Wildman–Crippen LogP) is 3.89. The van der Waals surface area contributed by atoms with E-state index in [1.807, 2.05) is 12.3 Å². The summed E-state index contributed by atoms with van der Waals surface area (Å²) in [5, 5.41) is 4.89. The minimum Gasteiger partial charge on any atom is -0.428 e. The monoisotopic (exact) mass is 336 g/mol. The number of thiazole rings is 1. The Kier molecular flexibility index (Phi) is 4.88. The lowest BCUT2D eigenvalue weighted by molar-refractivity contribution is -0.118. The number of nitrogens with zero attached hydrogens (tertiary/aromatic N) is 1. The van der Waals surface area contributed by atoms with Gasteiger partial charge in [0.15, 0.2) is 11.6 Å². The quantitative estimate of drug-likeness (QED) is 0.900. The van der Waals surface area contributed by atoms with E-state index in [1.165, 1.54) is 23.5 Å². The lowest BCUT2D eigenvalue weighted by Gasteiger charge is -2.10. The number of benzene rings is 1. The molecule has 1 aliphatic heterocycles. The molecule has 0 spiro atoms. The molecule has 0 aliphatic carbocycles. The summed E-state index contributed by atoms with van der Waals surface area (Å²) in [5.74, 6) is -0.648. The Balaban J connectivity index is 1.60. The van der Waals surface area contributed by atoms with Gasteiger partial charge in [0.25, 0.3) is 5.19 Å². The van der Waals surface area contributed by atoms with Crippen molar-refractivity contribution in [3.8, 4) is 10.9 Å². The molecular formula is C16H17FN2O3S. The zero-order chi connectivity index (χ0) is 16.2. The van der Waals surface area contributed by atoms with Crippen molar-refractivity contribution in [3.05, 3.63) is 35.1 Å². The molecule has 1 aromatic heterocycles. The number of ether oxygens (including phenoxy) is 2. The molecule has 1 N–H and O–H groups in total. The summed E-state index contributed by atoms with van der Waals surface area (Å²) in [5.41, 5.74) is 1.22. The Morgan fingerprint density at radius 2 is 2.43 bits per heavy atom. The van der Waals surface area contributed by atoms with Crippen molar-refractivity contribution in [2.45, 2.75) is 32.3 Å². The zero-order valence-corrected chi connectivity index (χ0v) is 13.5. The number of rotatable bonds is 5. The van der Waals surface area contributed by atoms with Crippen molar-refractivity contribution in [2.24, 2.45) is 0 Å². The van der Waals surface area contributed by atoms with E-state index in [1.54, 1.807) is 6.07 Å². The lowest BCUT2D eigenvalue weighted by Crippen LogP contribution is -2.19. The number of carbonyl (C=O) groups is 1. The van der Waals surface area contributed by atoms with Crippen molar-refractivity contribution in [3.63, 3.8) is 0 Å². The third kappa shape index (κ3) is 4.27. The van der Waals surface area contributed by atoms with Crippen LogP contribution in [0.25, 0.3) is 0 Å². The first-order valence-corrected chi connectivity index (χ1v) is 8.29. The molecule has 1 aromatic carbocycles. The van der Waals surface area contributed by atoms with Crippen molar-refractivity contribution in [2.75, 3.05) is 11.9 Å². The van der Waals surface area contributed by atoms with Crippen LogP contribution < -0.4 is 10.1 Å². The van der Waals surface area contributed by atoms with E-state index < -0.39 is 5.82 Å². The van der Waals surface area contributed by atoms with Crippen LogP contribution in [0.1, 0.15) is 25.0 Å². The number of nitrogens with one attached hydrogen (secondary N) is 1. The molecule has 0 saturated carbocycles. The number of aromatic nitrogens is 1. The number of aryl methyl sites for hydroxylation is 1. The number of halogens is 1. The third-order valence-corrected chi connectivity index (χ3v) is 4.28. The van der Waals surface area contributed by atoms with Gasteiger partial charge in [-0.1, -0.05) is 11.3 Å². The van der Waals surface area contributed by atoms with Crippen LogP contribution in [0, 0.1) is 12.7 Å². The van der Waals surface area contributed by atoms with Gasteiger partial charge in [-0.05, 0) is 31.9 Å². The average molecular weight is 336 g/mol. The first kappa shape index (κ1) is 15.9. The Labute approximate surface area is 137 Å². The summed E-state index contributed by atoms with van der Waals surface area (Å²) in [6.07, 6.45) is 2.13. The first-order valence-electron chi connectivity index (χ1n) is 7.41. The van der Waals surface area contributed by atoms with Crippen molar-refractivity contribution >= 4 is 22.9 Å². The second kappa shape index (κ2) is 7.06. The second-order valence-electron chi connectivity index (χ2n) is 5.39. The highest BCUT2D eigenvalue weighted by Gasteiger charge is 2.19. The topological polar surface area (TPSA) is 60.5 Å². The van der Waals surface area contributed by atoms with Gasteiger partial charge in [-0.2, -0.15) is 0 Å². The Morgan fingerprint density at radius 3 is 3.09 bits per heavy atom. The smallest absolute Gasteiger partial charge is 0.278 e. The molecule has 1 saturated heterocycles. The molecule has 2 heterocycles. The molecule has 0 unspecified atom stereocenters. The van der Waals surface area contributed by atoms with Crippen molar-refractivity contribution < 1.29 is 18.7 Å². The summed E-state index contributed by atoms with van der Waals surface area (Å²) in [6, 6.07) is 4.32. The minimum atomic E-state index is -0.548. The number of carbonyl (C=O) groups excluding carboxylic acids is 1. The van der Waals surface area contributed by atoms with E-state index >= 15 is 0 Å². The van der Waals surface area contributed by atoms with E-state index in [4.69, 9.17) is 9.47 Å². The van der Waals surface area contributed by atoms with Crippen LogP contribution in [0.4, 0.5) is 10.1 Å². The molecule has 1 aliphatic rings. The van der Waals surface area contributed by atoms with E-state index in [-0.39, 0.29) is 24.2 Å². The van der Waals surface area contributed by atoms with Gasteiger partial charge >= 0.3 is 0 Å². The van der Waals surface area contributed by atoms with Gasteiger partial charge in [0, 0.05) is 23.7 Å². The summed E-state index contributed by atoms with van der Waals surface area (Å²) < 4.78 is 24.9. The van der Waals surface area contributed by atoms with Gasteiger partial charge in [-0.3, -0.25) is 4.79 Å². The van der Waals surface area contributed by atoms with Crippen LogP contribution in [0.5, 0.6) is 10.9 Å². The highest BCUT2D eigenvalue weighted by Crippen LogP contribution is 2.29. The molecule has 1 amide bonds. The van der Waals surface area contributed by atoms with E-state index in [2.05, 4.69) is 10.3 Å². The Morgan fingerprint density at radius 1 is 1.57 bits per heavy atom. The standard InChI is InChI=1S/C16H17FN2O3S/c1-10-9-23-16(18-10)22-14-5-4-11(7-13(14)17)19-15(20)8-12-3-2-6-21-12/h4-5,7,9,12H,2-3,6,8H2,1H3,(H,19,20)/t12-/m0/s1. The zero-order valence-electron chi connectivity index (χ0n) is 12.7. The predicted molar refractivity (Wildman–Crippen MR) is 85.5 cm³/mol. The molecular weight excluding hydrogens is 319 g/mol. The van der Waals surface area contributed by atoms with Crippen molar-refractivity contribution in [1.29, 1.82) is 0 Å². The number of amides is 1. The van der Waals surface area contributed by atoms with E-state index in [9.17, 15) is 9.18 Å². The summed E-state index contributed by atoms with van der Waals surface area (Å²) >= 11 is 1.30. The summed E-state index contributed by atoms with van der Waals surface area (Å²) in [4.78, 5) is 16.0. The molecule has 0 radical (unpaired) electrons. The Hall–Kier alpha value is -1.99. The molecule has 23 heavy (non-hydrogen) atoms. The maximum Gasteiger partial charge on any atom is 0.278 e. The normalized spacial score (nSPS) is 17.2. The fourth-order valence-electron chi connectivity index (χ4n) is 2.36. The van der Waals surface area contributed by atoms with E-state index in [0.29, 0.717) is 17.5 Å². The Bertz CT molecular complexity index is 698. The fourth-order valence-corrected chi connectivity index (χ4v) is 3.02. The summed E-state index contributed by atoms with van der Waals surface area (Å²) in [6.45, 7) is 2.54. The molecule has 7 heteroatoms. The maximum atomic E-state index is 14.1. The van der Waals surface area contributed by atoms with E-state index in [0.717, 1.165) is 18.5 Å². The molecule has 1 fully saturated rings. The first-order chi connectivity index (χ1) is 11.1. The highest BCUT2D eigenvalue weighted by atomic mass is 32.1. The van der Waals surface area contributed by atoms with Gasteiger partial charge in [-0.25, -0.2) is 9.37 Å². The SMILES string of the molecule is Cc1csc(Oc2ccc(NC(=O)C[C@@H]3CCCO3)cc2F)n1. The van der Waals surface area contributed by atoms with Gasteiger partial charge in [0.05, 0.1) is 18.2 Å². The minimum absolute atomic E-state index is 0.0319. The molecule has 0 bridgehead atoms. The maximum absolute atomic E-state index is 14.1. The van der Waals surface area contributed by atoms with Crippen LogP contribution in [-0.4, -0.2) is 23.6 Å². The highest BCUT2D eigenvalue weighted by molar-refractivity contribution is 7.11. The fraction of sp³-hybridized carbons (Fsp3) is 0.375. The van der Waals surface area contributed by atoms with Gasteiger partial charge in [-0.15, -0.1) is 0 Å². The van der Waals surface area contributed by atoms with Gasteiger partial charge < -0.3 is 14.8 Å². The molecule has 1 atom stereocenters. The average Bonchev–Trinajstić information content (AvgIpc) is 3.14. The van der Waals surface area contributed by atoms with Crippen molar-refractivity contribution in [1.82, 2.24) is 4.98 Å². The number of hydrogen-bond donors (Lipinski definition) is 1. The molecule has 122 valence electrons. The van der Waals surface area contributed by atoms with Crippen LogP contribution in [0.3, 0.4) is 0 Å². The molecule has 2 aromatic rings. The second-order valence-corrected chi connectivity index (χ2v) is 6.21. The van der Waals surface area contributed by atoms with Gasteiger partial charge in [0.2, 0.25) is 5.91 Å². The van der Waals surface area contributed by atoms with Gasteiger partial charge in [0.1, 0.15) is 0 Å². The van der Waals surface area contributed by atoms with Crippen LogP contribution >= 0.6 is 11.3 Å². The number of anilines is 1. The van der Waals surface area contributed by atoms with Crippen LogP contribution in [0.2, 0.25) is 0 Å². The third-order valence-electron chi connectivity index (χ3n) is 3.45. The van der Waals surface area contributed by atoms with Crippen LogP contribution in [0.15, 0.2) is 23.6 Å². The lowest BCUT2D eigenvalue weighted by atomic mass is 10.1. The molecule has 5 nitrogen and oxygen atoms in total. The summed E-state index contributed by atoms with van der Waals surface area (Å²) in [7, 11) is 0. The largest absolute Gasteiger partial charge is 0.428 e. The van der Waals surface area contributed by atoms with Crippen LogP contribution in [-0.2, 0) is 9.53 Å². The molecule has 3 rings (SSSR count). The number of hydrogen-bond acceptors (Lipinski definition) is 5.